The molecular formula is C26H32N4O8. The predicted octanol–water partition coefficient (Wildman–Crippen LogP) is 1.27. The van der Waals surface area contributed by atoms with E-state index in [2.05, 4.69) is 10.3 Å². The predicted molar refractivity (Wildman–Crippen MR) is 133 cm³/mol. The van der Waals surface area contributed by atoms with Gasteiger partial charge in [0.15, 0.2) is 18.6 Å². The van der Waals surface area contributed by atoms with E-state index in [0.29, 0.717) is 0 Å². The quantitative estimate of drug-likeness (QED) is 0.555. The minimum atomic E-state index is -1.07. The molecular weight excluding hydrogens is 496 g/mol. The van der Waals surface area contributed by atoms with Crippen LogP contribution in [0.4, 0.5) is 5.82 Å². The van der Waals surface area contributed by atoms with Gasteiger partial charge < -0.3 is 34.7 Å². The summed E-state index contributed by atoms with van der Waals surface area (Å²) in [5, 5.41) is 2.47. The number of hydrogen-bond acceptors (Lipinski definition) is 10. The van der Waals surface area contributed by atoms with Crippen LogP contribution in [0.1, 0.15) is 45.8 Å². The number of carbonyl (C=O) groups is 2. The molecule has 3 fully saturated rings. The van der Waals surface area contributed by atoms with Crippen molar-refractivity contribution in [1.29, 1.82) is 0 Å². The fraction of sp³-hybridized carbons (Fsp3) is 0.538. The number of carbonyl (C=O) groups excluding carboxylic acids is 2. The van der Waals surface area contributed by atoms with Crippen LogP contribution >= 0.6 is 0 Å². The van der Waals surface area contributed by atoms with Gasteiger partial charge in [-0.3, -0.25) is 14.2 Å². The van der Waals surface area contributed by atoms with Crippen LogP contribution in [-0.4, -0.2) is 64.6 Å². The first kappa shape index (κ1) is 26.4. The lowest BCUT2D eigenvalue weighted by molar-refractivity contribution is -0.305. The minimum Gasteiger partial charge on any atom is -0.454 e. The molecule has 204 valence electrons. The van der Waals surface area contributed by atoms with E-state index >= 15 is 0 Å². The molecule has 38 heavy (non-hydrogen) atoms. The monoisotopic (exact) mass is 528 g/mol. The maximum Gasteiger partial charge on any atom is 0.351 e. The summed E-state index contributed by atoms with van der Waals surface area (Å²) in [6.45, 7) is 6.70. The van der Waals surface area contributed by atoms with Crippen molar-refractivity contribution in [2.75, 3.05) is 11.9 Å². The van der Waals surface area contributed by atoms with E-state index in [0.717, 1.165) is 5.56 Å². The summed E-state index contributed by atoms with van der Waals surface area (Å²) in [6, 6.07) is 10.3. The standard InChI is InChI=1S/C26H32N4O8/c1-13(31)28-16-10-11-30(25(33)29-16)22-21(38-24(32)26(2,3)4)20-19(36-22)17(27)18-15(35-20)12-34-23(37-18)14-8-6-5-7-9-14/h5-11,15,17-23H,12,27H2,1-4H3,(H,28,29,31,33)/t15-,17-,18+,19-,20-,21-,22-,23+/m1/s1. The van der Waals surface area contributed by atoms with Gasteiger partial charge in [0.05, 0.1) is 18.1 Å². The largest absolute Gasteiger partial charge is 0.454 e. The molecule has 1 amide bonds. The van der Waals surface area contributed by atoms with Crippen molar-refractivity contribution in [3.8, 4) is 0 Å². The Labute approximate surface area is 219 Å². The van der Waals surface area contributed by atoms with E-state index in [9.17, 15) is 14.4 Å². The average Bonchev–Trinajstić information content (AvgIpc) is 3.21. The maximum absolute atomic E-state index is 12.9. The molecule has 3 N–H and O–H groups in total. The molecule has 0 radical (unpaired) electrons. The molecule has 12 nitrogen and oxygen atoms in total. The third-order valence-corrected chi connectivity index (χ3v) is 6.71. The summed E-state index contributed by atoms with van der Waals surface area (Å²) in [5.74, 6) is -0.770. The molecule has 4 heterocycles. The fourth-order valence-corrected chi connectivity index (χ4v) is 4.81. The van der Waals surface area contributed by atoms with E-state index in [-0.39, 0.29) is 18.3 Å². The highest BCUT2D eigenvalue weighted by molar-refractivity contribution is 5.87. The third kappa shape index (κ3) is 5.09. The van der Waals surface area contributed by atoms with Crippen LogP contribution < -0.4 is 16.7 Å². The van der Waals surface area contributed by atoms with Gasteiger partial charge in [0.1, 0.15) is 30.2 Å². The van der Waals surface area contributed by atoms with Gasteiger partial charge in [-0.2, -0.15) is 4.98 Å². The van der Waals surface area contributed by atoms with Gasteiger partial charge in [0.2, 0.25) is 5.91 Å². The first-order valence-electron chi connectivity index (χ1n) is 12.5. The first-order chi connectivity index (χ1) is 18.0. The number of nitrogens with two attached hydrogens (primary N) is 1. The Morgan fingerprint density at radius 3 is 2.47 bits per heavy atom. The lowest BCUT2D eigenvalue weighted by Gasteiger charge is -2.46. The number of aromatic nitrogens is 2. The van der Waals surface area contributed by atoms with Crippen LogP contribution in [0.3, 0.4) is 0 Å². The number of benzene rings is 1. The zero-order valence-corrected chi connectivity index (χ0v) is 21.6. The Bertz CT molecular complexity index is 1250. The van der Waals surface area contributed by atoms with Gasteiger partial charge >= 0.3 is 11.7 Å². The second kappa shape index (κ2) is 10.2. The third-order valence-electron chi connectivity index (χ3n) is 6.71. The van der Waals surface area contributed by atoms with E-state index in [1.54, 1.807) is 20.8 Å². The topological polar surface area (TPSA) is 153 Å². The number of anilines is 1. The van der Waals surface area contributed by atoms with Gasteiger partial charge in [0, 0.05) is 18.7 Å². The second-order valence-electron chi connectivity index (χ2n) is 10.7. The molecule has 0 unspecified atom stereocenters. The number of fused-ring (bicyclic) bond motifs is 2. The van der Waals surface area contributed by atoms with Crippen molar-refractivity contribution in [2.24, 2.45) is 11.1 Å². The summed E-state index contributed by atoms with van der Waals surface area (Å²) >= 11 is 0. The minimum absolute atomic E-state index is 0.0915. The van der Waals surface area contributed by atoms with Crippen molar-refractivity contribution in [3.05, 3.63) is 58.6 Å². The molecule has 1 aromatic carbocycles. The van der Waals surface area contributed by atoms with Gasteiger partial charge in [-0.05, 0) is 26.8 Å². The van der Waals surface area contributed by atoms with E-state index in [4.69, 9.17) is 29.4 Å². The van der Waals surface area contributed by atoms with Gasteiger partial charge in [-0.15, -0.1) is 0 Å². The van der Waals surface area contributed by atoms with E-state index in [1.807, 2.05) is 30.3 Å². The Morgan fingerprint density at radius 1 is 1.08 bits per heavy atom. The summed E-state index contributed by atoms with van der Waals surface area (Å²) in [5.41, 5.74) is 6.00. The Morgan fingerprint density at radius 2 is 1.82 bits per heavy atom. The summed E-state index contributed by atoms with van der Waals surface area (Å²) in [7, 11) is 0. The molecule has 1 aromatic heterocycles. The van der Waals surface area contributed by atoms with Crippen LogP contribution in [0, 0.1) is 5.41 Å². The second-order valence-corrected chi connectivity index (χ2v) is 10.7. The molecule has 0 saturated carbocycles. The van der Waals surface area contributed by atoms with Crippen LogP contribution in [-0.2, 0) is 33.3 Å². The van der Waals surface area contributed by atoms with Gasteiger partial charge in [-0.1, -0.05) is 30.3 Å². The van der Waals surface area contributed by atoms with Crippen molar-refractivity contribution in [3.63, 3.8) is 0 Å². The van der Waals surface area contributed by atoms with E-state index in [1.165, 1.54) is 23.8 Å². The Kier molecular flexibility index (Phi) is 7.09. The van der Waals surface area contributed by atoms with Gasteiger partial charge in [0.25, 0.3) is 0 Å². The van der Waals surface area contributed by atoms with Crippen LogP contribution in [0.15, 0.2) is 47.4 Å². The average molecular weight is 529 g/mol. The molecule has 0 spiro atoms. The smallest absolute Gasteiger partial charge is 0.351 e. The van der Waals surface area contributed by atoms with Crippen LogP contribution in [0.25, 0.3) is 0 Å². The first-order valence-corrected chi connectivity index (χ1v) is 12.5. The van der Waals surface area contributed by atoms with Crippen molar-refractivity contribution >= 4 is 17.7 Å². The molecule has 3 saturated heterocycles. The molecule has 2 aromatic rings. The highest BCUT2D eigenvalue weighted by atomic mass is 16.7. The van der Waals surface area contributed by atoms with Crippen molar-refractivity contribution in [2.45, 2.75) is 76.8 Å². The number of hydrogen-bond donors (Lipinski definition) is 2. The number of amides is 1. The Balaban J connectivity index is 1.44. The number of nitrogens with zero attached hydrogens (tertiary/aromatic N) is 2. The highest BCUT2D eigenvalue weighted by Crippen LogP contribution is 2.43. The summed E-state index contributed by atoms with van der Waals surface area (Å²) < 4.78 is 31.8. The molecule has 0 bridgehead atoms. The van der Waals surface area contributed by atoms with Gasteiger partial charge in [-0.25, -0.2) is 4.79 Å². The zero-order chi connectivity index (χ0) is 27.2. The fourth-order valence-electron chi connectivity index (χ4n) is 4.81. The normalized spacial score (nSPS) is 32.7. The molecule has 5 rings (SSSR count). The summed E-state index contributed by atoms with van der Waals surface area (Å²) in [6.07, 6.45) is -3.92. The maximum atomic E-state index is 12.9. The molecule has 0 aliphatic carbocycles. The lowest BCUT2D eigenvalue weighted by Crippen LogP contribution is -2.65. The van der Waals surface area contributed by atoms with E-state index < -0.39 is 66.2 Å². The molecule has 8 atom stereocenters. The lowest BCUT2D eigenvalue weighted by atomic mass is 9.91. The molecule has 3 aliphatic heterocycles. The highest BCUT2D eigenvalue weighted by Gasteiger charge is 2.59. The van der Waals surface area contributed by atoms with Crippen molar-refractivity contribution < 1.29 is 33.3 Å². The number of rotatable bonds is 4. The van der Waals surface area contributed by atoms with Crippen molar-refractivity contribution in [1.82, 2.24) is 9.55 Å². The number of esters is 1. The number of nitrogens with one attached hydrogen (secondary N) is 1. The SMILES string of the molecule is CC(=O)Nc1ccn([C@@H]2O[C@@H]3[C@H](N)[C@H]4O[C@@H](c5ccccc5)OC[C@H]4O[C@H]3[C@H]2OC(=O)C(C)(C)C)c(=O)n1. The Hall–Kier alpha value is -3.16. The van der Waals surface area contributed by atoms with Crippen LogP contribution in [0.2, 0.25) is 0 Å². The zero-order valence-electron chi connectivity index (χ0n) is 21.6. The molecule has 3 aliphatic rings. The molecule has 12 heteroatoms. The van der Waals surface area contributed by atoms with Crippen LogP contribution in [0.5, 0.6) is 0 Å². The number of ether oxygens (including phenoxy) is 5. The summed E-state index contributed by atoms with van der Waals surface area (Å²) in [4.78, 5) is 41.2.